The van der Waals surface area contributed by atoms with Crippen molar-refractivity contribution in [3.63, 3.8) is 0 Å². The zero-order valence-corrected chi connectivity index (χ0v) is 12.5. The van der Waals surface area contributed by atoms with Crippen LogP contribution in [0.5, 0.6) is 17.4 Å². The van der Waals surface area contributed by atoms with Crippen LogP contribution in [0.15, 0.2) is 36.5 Å². The highest BCUT2D eigenvalue weighted by Crippen LogP contribution is 2.29. The minimum absolute atomic E-state index is 0.101. The summed E-state index contributed by atoms with van der Waals surface area (Å²) < 4.78 is 10.4. The van der Waals surface area contributed by atoms with Gasteiger partial charge in [-0.3, -0.25) is 0 Å². The molecule has 21 heavy (non-hydrogen) atoms. The van der Waals surface area contributed by atoms with E-state index in [1.165, 1.54) is 7.11 Å². The molecule has 1 heterocycles. The van der Waals surface area contributed by atoms with E-state index >= 15 is 0 Å². The predicted octanol–water partition coefficient (Wildman–Crippen LogP) is 2.66. The van der Waals surface area contributed by atoms with Crippen LogP contribution in [0, 0.1) is 0 Å². The van der Waals surface area contributed by atoms with Crippen LogP contribution in [-0.2, 0) is 6.54 Å². The first-order valence-electron chi connectivity index (χ1n) is 6.74. The standard InChI is InChI=1S/C16H20N2O3/c1-11(12-6-7-14(19)15(9-12)20-2)18-10-13-5-4-8-17-16(13)21-3/h4-9,11,18-19H,10H2,1-3H3. The Kier molecular flexibility index (Phi) is 5.00. The lowest BCUT2D eigenvalue weighted by molar-refractivity contribution is 0.372. The first-order chi connectivity index (χ1) is 10.2. The van der Waals surface area contributed by atoms with Crippen LogP contribution in [0.3, 0.4) is 0 Å². The Morgan fingerprint density at radius 1 is 1.24 bits per heavy atom. The van der Waals surface area contributed by atoms with Crippen molar-refractivity contribution in [2.24, 2.45) is 0 Å². The summed E-state index contributed by atoms with van der Waals surface area (Å²) in [6, 6.07) is 9.29. The van der Waals surface area contributed by atoms with Crippen molar-refractivity contribution in [1.29, 1.82) is 0 Å². The largest absolute Gasteiger partial charge is 0.504 e. The van der Waals surface area contributed by atoms with Crippen LogP contribution in [0.2, 0.25) is 0 Å². The van der Waals surface area contributed by atoms with Crippen molar-refractivity contribution in [3.8, 4) is 17.4 Å². The molecule has 0 amide bonds. The number of nitrogens with zero attached hydrogens (tertiary/aromatic N) is 1. The number of hydrogen-bond acceptors (Lipinski definition) is 5. The Labute approximate surface area is 124 Å². The molecule has 0 aliphatic carbocycles. The SMILES string of the molecule is COc1cc(C(C)NCc2cccnc2OC)ccc1O. The van der Waals surface area contributed by atoms with Gasteiger partial charge in [0.25, 0.3) is 0 Å². The third kappa shape index (κ3) is 3.64. The molecule has 1 unspecified atom stereocenters. The van der Waals surface area contributed by atoms with Crippen molar-refractivity contribution in [3.05, 3.63) is 47.7 Å². The minimum atomic E-state index is 0.101. The van der Waals surface area contributed by atoms with Gasteiger partial charge in [0.15, 0.2) is 11.5 Å². The van der Waals surface area contributed by atoms with Crippen LogP contribution >= 0.6 is 0 Å². The van der Waals surface area contributed by atoms with E-state index < -0.39 is 0 Å². The normalized spacial score (nSPS) is 12.0. The molecule has 0 aliphatic rings. The Hall–Kier alpha value is -2.27. The van der Waals surface area contributed by atoms with Gasteiger partial charge < -0.3 is 19.9 Å². The van der Waals surface area contributed by atoms with Crippen LogP contribution < -0.4 is 14.8 Å². The minimum Gasteiger partial charge on any atom is -0.504 e. The molecule has 0 fully saturated rings. The van der Waals surface area contributed by atoms with E-state index in [-0.39, 0.29) is 11.8 Å². The number of aromatic nitrogens is 1. The molecular weight excluding hydrogens is 268 g/mol. The first-order valence-corrected chi connectivity index (χ1v) is 6.74. The molecule has 2 N–H and O–H groups in total. The number of rotatable bonds is 6. The van der Waals surface area contributed by atoms with Gasteiger partial charge in [-0.05, 0) is 30.7 Å². The third-order valence-corrected chi connectivity index (χ3v) is 3.35. The number of hydrogen-bond donors (Lipinski definition) is 2. The molecule has 0 aliphatic heterocycles. The van der Waals surface area contributed by atoms with E-state index in [0.717, 1.165) is 11.1 Å². The first kappa shape index (κ1) is 15.1. The predicted molar refractivity (Wildman–Crippen MR) is 80.7 cm³/mol. The molecule has 0 saturated carbocycles. The summed E-state index contributed by atoms with van der Waals surface area (Å²) in [6.45, 7) is 2.69. The molecule has 112 valence electrons. The summed E-state index contributed by atoms with van der Waals surface area (Å²) in [4.78, 5) is 4.17. The summed E-state index contributed by atoms with van der Waals surface area (Å²) in [7, 11) is 3.15. The lowest BCUT2D eigenvalue weighted by atomic mass is 10.1. The van der Waals surface area contributed by atoms with Crippen molar-refractivity contribution >= 4 is 0 Å². The fourth-order valence-electron chi connectivity index (χ4n) is 2.09. The van der Waals surface area contributed by atoms with Crippen molar-refractivity contribution < 1.29 is 14.6 Å². The smallest absolute Gasteiger partial charge is 0.217 e. The highest BCUT2D eigenvalue weighted by molar-refractivity contribution is 5.42. The Morgan fingerprint density at radius 2 is 2.05 bits per heavy atom. The third-order valence-electron chi connectivity index (χ3n) is 3.35. The average Bonchev–Trinajstić information content (AvgIpc) is 2.53. The number of pyridine rings is 1. The van der Waals surface area contributed by atoms with Gasteiger partial charge in [0.1, 0.15) is 0 Å². The summed E-state index contributed by atoms with van der Waals surface area (Å²) in [6.07, 6.45) is 1.70. The van der Waals surface area contributed by atoms with Gasteiger partial charge in [0.05, 0.1) is 14.2 Å². The Morgan fingerprint density at radius 3 is 2.76 bits per heavy atom. The van der Waals surface area contributed by atoms with E-state index in [1.54, 1.807) is 19.4 Å². The number of phenols is 1. The molecule has 5 nitrogen and oxygen atoms in total. The molecule has 1 aromatic heterocycles. The number of phenolic OH excluding ortho intramolecular Hbond substituents is 1. The van der Waals surface area contributed by atoms with Crippen molar-refractivity contribution in [2.45, 2.75) is 19.5 Å². The molecule has 0 bridgehead atoms. The number of ether oxygens (including phenoxy) is 2. The fraction of sp³-hybridized carbons (Fsp3) is 0.312. The quantitative estimate of drug-likeness (QED) is 0.855. The molecule has 0 spiro atoms. The Balaban J connectivity index is 2.06. The van der Waals surface area contributed by atoms with E-state index in [2.05, 4.69) is 17.2 Å². The van der Waals surface area contributed by atoms with Crippen LogP contribution in [0.1, 0.15) is 24.1 Å². The fourth-order valence-corrected chi connectivity index (χ4v) is 2.09. The Bertz CT molecular complexity index is 602. The van der Waals surface area contributed by atoms with Crippen LogP contribution in [0.25, 0.3) is 0 Å². The number of nitrogens with one attached hydrogen (secondary N) is 1. The van der Waals surface area contributed by atoms with E-state index in [0.29, 0.717) is 18.2 Å². The van der Waals surface area contributed by atoms with Crippen LogP contribution in [-0.4, -0.2) is 24.3 Å². The summed E-state index contributed by atoms with van der Waals surface area (Å²) >= 11 is 0. The zero-order chi connectivity index (χ0) is 15.2. The lowest BCUT2D eigenvalue weighted by Gasteiger charge is -2.16. The molecule has 0 radical (unpaired) electrons. The topological polar surface area (TPSA) is 63.6 Å². The number of benzene rings is 1. The summed E-state index contributed by atoms with van der Waals surface area (Å²) in [5, 5.41) is 13.0. The van der Waals surface area contributed by atoms with Crippen LogP contribution in [0.4, 0.5) is 0 Å². The highest BCUT2D eigenvalue weighted by atomic mass is 16.5. The maximum atomic E-state index is 9.62. The maximum Gasteiger partial charge on any atom is 0.217 e. The van der Waals surface area contributed by atoms with Gasteiger partial charge in [-0.25, -0.2) is 4.98 Å². The second kappa shape index (κ2) is 6.95. The lowest BCUT2D eigenvalue weighted by Crippen LogP contribution is -2.18. The molecule has 1 aromatic carbocycles. The second-order valence-corrected chi connectivity index (χ2v) is 4.71. The maximum absolute atomic E-state index is 9.62. The highest BCUT2D eigenvalue weighted by Gasteiger charge is 2.10. The number of aromatic hydroxyl groups is 1. The molecule has 1 atom stereocenters. The van der Waals surface area contributed by atoms with Gasteiger partial charge >= 0.3 is 0 Å². The molecule has 0 saturated heterocycles. The molecule has 5 heteroatoms. The van der Waals surface area contributed by atoms with Gasteiger partial charge in [-0.15, -0.1) is 0 Å². The van der Waals surface area contributed by atoms with Gasteiger partial charge in [0.2, 0.25) is 5.88 Å². The van der Waals surface area contributed by atoms with Gasteiger partial charge in [0, 0.05) is 24.3 Å². The van der Waals surface area contributed by atoms with E-state index in [1.807, 2.05) is 24.3 Å². The zero-order valence-electron chi connectivity index (χ0n) is 12.5. The van der Waals surface area contributed by atoms with E-state index in [9.17, 15) is 5.11 Å². The molecule has 2 rings (SSSR count). The molecular formula is C16H20N2O3. The summed E-state index contributed by atoms with van der Waals surface area (Å²) in [5.41, 5.74) is 2.03. The van der Waals surface area contributed by atoms with Gasteiger partial charge in [-0.2, -0.15) is 0 Å². The van der Waals surface area contributed by atoms with E-state index in [4.69, 9.17) is 9.47 Å². The number of methoxy groups -OCH3 is 2. The second-order valence-electron chi connectivity index (χ2n) is 4.71. The average molecular weight is 288 g/mol. The van der Waals surface area contributed by atoms with Crippen molar-refractivity contribution in [1.82, 2.24) is 10.3 Å². The van der Waals surface area contributed by atoms with Crippen molar-refractivity contribution in [2.75, 3.05) is 14.2 Å². The van der Waals surface area contributed by atoms with Gasteiger partial charge in [-0.1, -0.05) is 12.1 Å². The summed E-state index contributed by atoms with van der Waals surface area (Å²) in [5.74, 6) is 1.24. The molecule has 2 aromatic rings. The monoisotopic (exact) mass is 288 g/mol.